The van der Waals surface area contributed by atoms with E-state index in [-0.39, 0.29) is 46.8 Å². The van der Waals surface area contributed by atoms with E-state index in [1.807, 2.05) is 6.07 Å². The highest BCUT2D eigenvalue weighted by molar-refractivity contribution is 5.77. The molecule has 4 aromatic rings. The maximum absolute atomic E-state index is 11.8. The van der Waals surface area contributed by atoms with Crippen molar-refractivity contribution in [2.45, 2.75) is 50.9 Å². The molecule has 4 aromatic carbocycles. The van der Waals surface area contributed by atoms with E-state index in [0.717, 1.165) is 47.9 Å². The van der Waals surface area contributed by atoms with Crippen LogP contribution in [0.1, 0.15) is 65.8 Å². The molecule has 1 saturated carbocycles. The molecule has 0 aromatic heterocycles. The van der Waals surface area contributed by atoms with Gasteiger partial charge in [0, 0.05) is 30.5 Å². The first kappa shape index (κ1) is 25.3. The van der Waals surface area contributed by atoms with Crippen molar-refractivity contribution in [1.82, 2.24) is 0 Å². The Kier molecular flexibility index (Phi) is 7.05. The molecule has 5 rings (SSSR count). The Morgan fingerprint density at radius 1 is 0.553 bits per heavy atom. The molecule has 6 N–H and O–H groups in total. The highest BCUT2D eigenvalue weighted by Crippen LogP contribution is 2.46. The summed E-state index contributed by atoms with van der Waals surface area (Å²) < 4.78 is 0. The second-order valence-corrected chi connectivity index (χ2v) is 10.2. The summed E-state index contributed by atoms with van der Waals surface area (Å²) in [5.74, 6) is 0.333. The van der Waals surface area contributed by atoms with Gasteiger partial charge in [-0.3, -0.25) is 0 Å². The Bertz CT molecular complexity index is 1450. The van der Waals surface area contributed by atoms with Gasteiger partial charge in [0.05, 0.1) is 0 Å². The number of hydrogen-bond acceptors (Lipinski definition) is 6. The van der Waals surface area contributed by atoms with Gasteiger partial charge in [-0.2, -0.15) is 0 Å². The van der Waals surface area contributed by atoms with Gasteiger partial charge in [-0.25, -0.2) is 0 Å². The molecule has 0 unspecified atom stereocenters. The minimum absolute atomic E-state index is 0.0216. The Morgan fingerprint density at radius 2 is 1.11 bits per heavy atom. The van der Waals surface area contributed by atoms with Gasteiger partial charge in [-0.05, 0) is 76.4 Å². The van der Waals surface area contributed by atoms with Crippen LogP contribution >= 0.6 is 0 Å². The van der Waals surface area contributed by atoms with Crippen molar-refractivity contribution in [3.63, 3.8) is 0 Å². The van der Waals surface area contributed by atoms with Crippen molar-refractivity contribution in [3.05, 3.63) is 94.5 Å². The Morgan fingerprint density at radius 3 is 1.68 bits per heavy atom. The number of benzene rings is 4. The summed E-state index contributed by atoms with van der Waals surface area (Å²) >= 11 is 0. The highest BCUT2D eigenvalue weighted by atomic mass is 16.3. The number of phenolic OH excluding ortho intramolecular Hbond substituents is 6. The van der Waals surface area contributed by atoms with Crippen molar-refractivity contribution in [1.29, 1.82) is 0 Å². The molecule has 0 aliphatic heterocycles. The van der Waals surface area contributed by atoms with E-state index in [1.54, 1.807) is 36.4 Å². The van der Waals surface area contributed by atoms with Crippen LogP contribution in [0.3, 0.4) is 0 Å². The van der Waals surface area contributed by atoms with E-state index >= 15 is 0 Å². The predicted octanol–water partition coefficient (Wildman–Crippen LogP) is 6.82. The minimum atomic E-state index is -0.0677. The van der Waals surface area contributed by atoms with Crippen molar-refractivity contribution in [2.75, 3.05) is 0 Å². The molecule has 0 heterocycles. The molecular weight excluding hydrogens is 480 g/mol. The third-order valence-corrected chi connectivity index (χ3v) is 7.60. The minimum Gasteiger partial charge on any atom is -0.508 e. The second-order valence-electron chi connectivity index (χ2n) is 10.2. The largest absolute Gasteiger partial charge is 0.508 e. The number of hydrogen-bond donors (Lipinski definition) is 6. The van der Waals surface area contributed by atoms with Crippen LogP contribution in [0.2, 0.25) is 0 Å². The standard InChI is InChI=1S/C32H32O6/c33-24-10-6-20(7-11-24)31-23(14-21-8-12-25(34)17-29(21)36)16-27(19-4-2-1-3-5-19)32(38)28(31)15-22-9-13-26(35)18-30(22)37/h6-13,16-19,33-38H,1-5,14-15H2. The van der Waals surface area contributed by atoms with E-state index < -0.39 is 0 Å². The molecular formula is C32H32O6. The van der Waals surface area contributed by atoms with Crippen LogP contribution in [0.15, 0.2) is 66.7 Å². The van der Waals surface area contributed by atoms with Gasteiger partial charge >= 0.3 is 0 Å². The zero-order valence-electron chi connectivity index (χ0n) is 21.1. The van der Waals surface area contributed by atoms with Gasteiger partial charge in [0.15, 0.2) is 0 Å². The molecule has 0 spiro atoms. The fourth-order valence-corrected chi connectivity index (χ4v) is 5.64. The van der Waals surface area contributed by atoms with Gasteiger partial charge in [0.1, 0.15) is 34.5 Å². The van der Waals surface area contributed by atoms with E-state index in [2.05, 4.69) is 0 Å². The van der Waals surface area contributed by atoms with Gasteiger partial charge in [0.2, 0.25) is 0 Å². The summed E-state index contributed by atoms with van der Waals surface area (Å²) in [5.41, 5.74) is 5.07. The van der Waals surface area contributed by atoms with Crippen LogP contribution < -0.4 is 0 Å². The lowest BCUT2D eigenvalue weighted by molar-refractivity contribution is 0.411. The fourth-order valence-electron chi connectivity index (χ4n) is 5.64. The lowest BCUT2D eigenvalue weighted by Gasteiger charge is -2.27. The van der Waals surface area contributed by atoms with E-state index in [9.17, 15) is 30.6 Å². The van der Waals surface area contributed by atoms with Crippen LogP contribution in [-0.2, 0) is 12.8 Å². The van der Waals surface area contributed by atoms with Gasteiger partial charge in [-0.15, -0.1) is 0 Å². The Labute approximate surface area is 221 Å². The predicted molar refractivity (Wildman–Crippen MR) is 146 cm³/mol. The van der Waals surface area contributed by atoms with Gasteiger partial charge in [-0.1, -0.05) is 49.6 Å². The molecule has 6 heteroatoms. The summed E-state index contributed by atoms with van der Waals surface area (Å²) in [7, 11) is 0. The van der Waals surface area contributed by atoms with Crippen LogP contribution in [0, 0.1) is 0 Å². The van der Waals surface area contributed by atoms with Crippen molar-refractivity contribution < 1.29 is 30.6 Å². The summed E-state index contributed by atoms with van der Waals surface area (Å²) in [6.07, 6.45) is 5.85. The maximum Gasteiger partial charge on any atom is 0.123 e. The lowest BCUT2D eigenvalue weighted by atomic mass is 9.78. The Hall–Kier alpha value is -4.32. The van der Waals surface area contributed by atoms with E-state index in [4.69, 9.17) is 0 Å². The molecule has 196 valence electrons. The van der Waals surface area contributed by atoms with E-state index in [0.29, 0.717) is 23.1 Å². The molecule has 0 radical (unpaired) electrons. The first-order chi connectivity index (χ1) is 18.3. The molecule has 0 amide bonds. The first-order valence-electron chi connectivity index (χ1n) is 13.0. The monoisotopic (exact) mass is 512 g/mol. The smallest absolute Gasteiger partial charge is 0.123 e. The fraction of sp³-hybridized carbons (Fsp3) is 0.250. The SMILES string of the molecule is Oc1ccc(-c2c(Cc3ccc(O)cc3O)cc(C3CCCCC3)c(O)c2Cc2ccc(O)cc2O)cc1. The van der Waals surface area contributed by atoms with E-state index in [1.165, 1.54) is 30.7 Å². The first-order valence-corrected chi connectivity index (χ1v) is 13.0. The zero-order chi connectivity index (χ0) is 26.8. The number of phenols is 6. The summed E-state index contributed by atoms with van der Waals surface area (Å²) in [4.78, 5) is 0. The number of aromatic hydroxyl groups is 6. The average Bonchev–Trinajstić information content (AvgIpc) is 2.90. The van der Waals surface area contributed by atoms with Gasteiger partial charge in [0.25, 0.3) is 0 Å². The molecule has 1 aliphatic carbocycles. The summed E-state index contributed by atoms with van der Waals surface area (Å²) in [5, 5.41) is 62.5. The average molecular weight is 513 g/mol. The van der Waals surface area contributed by atoms with Crippen LogP contribution in [0.4, 0.5) is 0 Å². The topological polar surface area (TPSA) is 121 Å². The van der Waals surface area contributed by atoms with Crippen LogP contribution in [0.5, 0.6) is 34.5 Å². The summed E-state index contributed by atoms with van der Waals surface area (Å²) in [6.45, 7) is 0. The third kappa shape index (κ3) is 5.21. The molecule has 1 aliphatic rings. The number of rotatable bonds is 6. The molecule has 0 bridgehead atoms. The van der Waals surface area contributed by atoms with Crippen LogP contribution in [-0.4, -0.2) is 30.6 Å². The maximum atomic E-state index is 11.8. The molecule has 0 atom stereocenters. The molecule has 38 heavy (non-hydrogen) atoms. The highest BCUT2D eigenvalue weighted by Gasteiger charge is 2.26. The quantitative estimate of drug-likeness (QED) is 0.169. The van der Waals surface area contributed by atoms with Crippen LogP contribution in [0.25, 0.3) is 11.1 Å². The van der Waals surface area contributed by atoms with Gasteiger partial charge < -0.3 is 30.6 Å². The zero-order valence-corrected chi connectivity index (χ0v) is 21.1. The van der Waals surface area contributed by atoms with Crippen molar-refractivity contribution >= 4 is 0 Å². The normalized spacial score (nSPS) is 14.0. The molecule has 6 nitrogen and oxygen atoms in total. The lowest BCUT2D eigenvalue weighted by Crippen LogP contribution is -2.09. The van der Waals surface area contributed by atoms with Crippen molar-refractivity contribution in [3.8, 4) is 45.6 Å². The third-order valence-electron chi connectivity index (χ3n) is 7.60. The molecule has 0 saturated heterocycles. The summed E-state index contributed by atoms with van der Waals surface area (Å²) in [6, 6.07) is 17.7. The molecule has 1 fully saturated rings. The Balaban J connectivity index is 1.75. The second kappa shape index (κ2) is 10.6. The van der Waals surface area contributed by atoms with Crippen molar-refractivity contribution in [2.24, 2.45) is 0 Å².